The van der Waals surface area contributed by atoms with Gasteiger partial charge in [0.1, 0.15) is 0 Å². The Morgan fingerprint density at radius 1 is 1.03 bits per heavy atom. The highest BCUT2D eigenvalue weighted by Crippen LogP contribution is 2.30. The summed E-state index contributed by atoms with van der Waals surface area (Å²) in [6.07, 6.45) is 0. The van der Waals surface area contributed by atoms with Crippen LogP contribution in [0.4, 0.5) is 21.9 Å². The van der Waals surface area contributed by atoms with Crippen molar-refractivity contribution in [3.8, 4) is 0 Å². The molecule has 0 unspecified atom stereocenters. The summed E-state index contributed by atoms with van der Waals surface area (Å²) in [5, 5.41) is 29.6. The van der Waals surface area contributed by atoms with E-state index in [2.05, 4.69) is 16.0 Å². The molecule has 1 aliphatic rings. The number of urea groups is 1. The van der Waals surface area contributed by atoms with E-state index in [1.807, 2.05) is 0 Å². The normalized spacial score (nSPS) is 15.9. The lowest BCUT2D eigenvalue weighted by Gasteiger charge is -2.28. The zero-order valence-electron chi connectivity index (χ0n) is 15.0. The lowest BCUT2D eigenvalue weighted by Crippen LogP contribution is -2.46. The van der Waals surface area contributed by atoms with E-state index >= 15 is 0 Å². The van der Waals surface area contributed by atoms with Gasteiger partial charge >= 0.3 is 6.03 Å². The number of hydrogen-bond donors (Lipinski definition) is 3. The van der Waals surface area contributed by atoms with Crippen LogP contribution in [0.25, 0.3) is 0 Å². The van der Waals surface area contributed by atoms with Crippen LogP contribution in [-0.4, -0.2) is 21.8 Å². The van der Waals surface area contributed by atoms with Crippen LogP contribution < -0.4 is 16.0 Å². The van der Waals surface area contributed by atoms with Gasteiger partial charge in [0.2, 0.25) is 0 Å². The van der Waals surface area contributed by atoms with Crippen molar-refractivity contribution in [2.24, 2.45) is 0 Å². The van der Waals surface area contributed by atoms with Gasteiger partial charge in [0, 0.05) is 35.6 Å². The minimum absolute atomic E-state index is 0.122. The van der Waals surface area contributed by atoms with Gasteiger partial charge in [0.05, 0.1) is 21.5 Å². The second-order valence-electron chi connectivity index (χ2n) is 6.18. The number of nitrogens with one attached hydrogen (secondary N) is 3. The number of non-ortho nitro benzene ring substituents is 2. The van der Waals surface area contributed by atoms with E-state index in [0.717, 1.165) is 0 Å². The van der Waals surface area contributed by atoms with Gasteiger partial charge < -0.3 is 16.0 Å². The van der Waals surface area contributed by atoms with Gasteiger partial charge in [-0.2, -0.15) is 0 Å². The number of hydrogen-bond acceptors (Lipinski definition) is 6. The Balaban J connectivity index is 1.96. The number of rotatable bonds is 5. The van der Waals surface area contributed by atoms with Gasteiger partial charge in [-0.1, -0.05) is 18.2 Å². The van der Waals surface area contributed by atoms with Crippen LogP contribution in [0, 0.1) is 20.2 Å². The van der Waals surface area contributed by atoms with Gasteiger partial charge in [-0.05, 0) is 18.6 Å². The number of nitro groups is 2. The molecule has 0 aliphatic carbocycles. The molecule has 0 radical (unpaired) electrons. The summed E-state index contributed by atoms with van der Waals surface area (Å²) in [5.74, 6) is -0.619. The van der Waals surface area contributed by atoms with Crippen LogP contribution in [0.1, 0.15) is 18.5 Å². The van der Waals surface area contributed by atoms with E-state index in [1.165, 1.54) is 49.4 Å². The zero-order chi connectivity index (χ0) is 21.1. The van der Waals surface area contributed by atoms with Crippen LogP contribution in [-0.2, 0) is 4.79 Å². The predicted molar refractivity (Wildman–Crippen MR) is 102 cm³/mol. The Bertz CT molecular complexity index is 1060. The van der Waals surface area contributed by atoms with Crippen molar-refractivity contribution in [2.45, 2.75) is 13.0 Å². The highest BCUT2D eigenvalue weighted by Gasteiger charge is 2.32. The maximum absolute atomic E-state index is 12.9. The maximum atomic E-state index is 12.9. The highest BCUT2D eigenvalue weighted by atomic mass is 16.6. The lowest BCUT2D eigenvalue weighted by atomic mass is 9.94. The van der Waals surface area contributed by atoms with Crippen LogP contribution in [0.2, 0.25) is 0 Å². The van der Waals surface area contributed by atoms with E-state index in [0.29, 0.717) is 5.56 Å². The monoisotopic (exact) mass is 397 g/mol. The molecule has 11 heteroatoms. The van der Waals surface area contributed by atoms with E-state index in [4.69, 9.17) is 0 Å². The molecule has 0 aromatic heterocycles. The fourth-order valence-electron chi connectivity index (χ4n) is 2.96. The largest absolute Gasteiger partial charge is 0.327 e. The molecule has 1 atom stereocenters. The van der Waals surface area contributed by atoms with Crippen molar-refractivity contribution in [1.82, 2.24) is 10.6 Å². The summed E-state index contributed by atoms with van der Waals surface area (Å²) < 4.78 is 0. The highest BCUT2D eigenvalue weighted by molar-refractivity contribution is 6.06. The maximum Gasteiger partial charge on any atom is 0.319 e. The molecule has 148 valence electrons. The number of anilines is 1. The summed E-state index contributed by atoms with van der Waals surface area (Å²) in [6.45, 7) is 1.52. The number of carbonyl (C=O) groups is 2. The molecule has 3 N–H and O–H groups in total. The Morgan fingerprint density at radius 2 is 1.66 bits per heavy atom. The minimum Gasteiger partial charge on any atom is -0.327 e. The minimum atomic E-state index is -0.942. The smallest absolute Gasteiger partial charge is 0.319 e. The van der Waals surface area contributed by atoms with Gasteiger partial charge in [-0.25, -0.2) is 4.79 Å². The predicted octanol–water partition coefficient (Wildman–Crippen LogP) is 2.77. The first-order valence-corrected chi connectivity index (χ1v) is 8.34. The Labute approximate surface area is 163 Å². The Kier molecular flexibility index (Phi) is 5.21. The van der Waals surface area contributed by atoms with Gasteiger partial charge in [0.15, 0.2) is 0 Å². The number of nitro benzene ring substituents is 2. The number of benzene rings is 2. The van der Waals surface area contributed by atoms with Crippen molar-refractivity contribution in [3.05, 3.63) is 85.6 Å². The average molecular weight is 397 g/mol. The second-order valence-corrected chi connectivity index (χ2v) is 6.18. The van der Waals surface area contributed by atoms with Gasteiger partial charge in [0.25, 0.3) is 17.3 Å². The molecule has 2 aromatic rings. The van der Waals surface area contributed by atoms with Crippen LogP contribution in [0.15, 0.2) is 59.8 Å². The fourth-order valence-corrected chi connectivity index (χ4v) is 2.96. The zero-order valence-corrected chi connectivity index (χ0v) is 15.0. The van der Waals surface area contributed by atoms with Gasteiger partial charge in [-0.3, -0.25) is 25.0 Å². The van der Waals surface area contributed by atoms with E-state index in [9.17, 15) is 29.8 Å². The number of nitrogens with zero attached hydrogens (tertiary/aromatic N) is 2. The van der Waals surface area contributed by atoms with Crippen LogP contribution >= 0.6 is 0 Å². The molecule has 0 saturated heterocycles. The summed E-state index contributed by atoms with van der Waals surface area (Å²) in [4.78, 5) is 45.7. The summed E-state index contributed by atoms with van der Waals surface area (Å²) in [5.41, 5.74) is 0.534. The van der Waals surface area contributed by atoms with Crippen molar-refractivity contribution in [1.29, 1.82) is 0 Å². The summed E-state index contributed by atoms with van der Waals surface area (Å²) >= 11 is 0. The number of allylic oxidation sites excluding steroid dienone is 1. The molecule has 0 saturated carbocycles. The SMILES string of the molecule is CC1=C(C(=O)Nc2cccc([N+](=O)[O-])c2)[C@H](c2cccc([N+](=O)[O-])c2)NC(=O)N1. The molecule has 0 bridgehead atoms. The molecular formula is C18H15N5O6. The van der Waals surface area contributed by atoms with Gasteiger partial charge in [-0.15, -0.1) is 0 Å². The van der Waals surface area contributed by atoms with Crippen molar-refractivity contribution in [2.75, 3.05) is 5.32 Å². The first-order valence-electron chi connectivity index (χ1n) is 8.34. The topological polar surface area (TPSA) is 157 Å². The number of carbonyl (C=O) groups excluding carboxylic acids is 2. The Morgan fingerprint density at radius 3 is 2.31 bits per heavy atom. The average Bonchev–Trinajstić information content (AvgIpc) is 2.67. The van der Waals surface area contributed by atoms with E-state index in [1.54, 1.807) is 6.07 Å². The molecule has 3 amide bonds. The first kappa shape index (κ1) is 19.5. The van der Waals surface area contributed by atoms with Crippen molar-refractivity contribution < 1.29 is 19.4 Å². The molecular weight excluding hydrogens is 382 g/mol. The van der Waals surface area contributed by atoms with Crippen LogP contribution in [0.3, 0.4) is 0 Å². The molecule has 3 rings (SSSR count). The second kappa shape index (κ2) is 7.76. The molecule has 1 aliphatic heterocycles. The van der Waals surface area contributed by atoms with E-state index in [-0.39, 0.29) is 28.3 Å². The van der Waals surface area contributed by atoms with E-state index < -0.39 is 27.8 Å². The molecule has 11 nitrogen and oxygen atoms in total. The van der Waals surface area contributed by atoms with Crippen LogP contribution in [0.5, 0.6) is 0 Å². The first-order chi connectivity index (χ1) is 13.8. The third-order valence-corrected chi connectivity index (χ3v) is 4.24. The standard InChI is InChI=1S/C18H15N5O6/c1-10-15(17(24)20-12-5-3-7-14(9-12)23(28)29)16(21-18(25)19-10)11-4-2-6-13(8-11)22(26)27/h2-9,16H,1H3,(H,20,24)(H2,19,21,25)/t16-/m0/s1. The molecule has 2 aromatic carbocycles. The fraction of sp³-hybridized carbons (Fsp3) is 0.111. The third kappa shape index (κ3) is 4.18. The van der Waals surface area contributed by atoms with Crippen molar-refractivity contribution >= 4 is 29.0 Å². The third-order valence-electron chi connectivity index (χ3n) is 4.24. The molecule has 0 spiro atoms. The lowest BCUT2D eigenvalue weighted by molar-refractivity contribution is -0.385. The molecule has 1 heterocycles. The number of amides is 3. The quantitative estimate of drug-likeness (QED) is 0.520. The Hall–Kier alpha value is -4.28. The molecule has 29 heavy (non-hydrogen) atoms. The summed E-state index contributed by atoms with van der Waals surface area (Å²) in [7, 11) is 0. The van der Waals surface area contributed by atoms with Crippen molar-refractivity contribution in [3.63, 3.8) is 0 Å². The summed E-state index contributed by atoms with van der Waals surface area (Å²) in [6, 6.07) is 9.46. The molecule has 0 fully saturated rings.